The van der Waals surface area contributed by atoms with Crippen LogP contribution >= 0.6 is 11.6 Å². The van der Waals surface area contributed by atoms with Crippen LogP contribution in [-0.2, 0) is 6.54 Å². The molecule has 100 valence electrons. The zero-order valence-electron chi connectivity index (χ0n) is 11.3. The van der Waals surface area contributed by atoms with Gasteiger partial charge in [0.2, 0.25) is 0 Å². The molecule has 2 heterocycles. The van der Waals surface area contributed by atoms with Gasteiger partial charge in [-0.25, -0.2) is 9.97 Å². The first-order valence-electron chi connectivity index (χ1n) is 6.24. The molecule has 2 aromatic rings. The van der Waals surface area contributed by atoms with Crippen molar-refractivity contribution >= 4 is 17.4 Å². The predicted molar refractivity (Wildman–Crippen MR) is 77.4 cm³/mol. The second-order valence-electron chi connectivity index (χ2n) is 4.71. The van der Waals surface area contributed by atoms with Crippen molar-refractivity contribution in [3.63, 3.8) is 0 Å². The van der Waals surface area contributed by atoms with Gasteiger partial charge >= 0.3 is 0 Å². The van der Waals surface area contributed by atoms with E-state index in [4.69, 9.17) is 11.6 Å². The van der Waals surface area contributed by atoms with E-state index in [0.717, 1.165) is 22.8 Å². The van der Waals surface area contributed by atoms with Gasteiger partial charge < -0.3 is 5.32 Å². The highest BCUT2D eigenvalue weighted by molar-refractivity contribution is 6.30. The van der Waals surface area contributed by atoms with Crippen molar-refractivity contribution in [3.8, 4) is 0 Å². The molecule has 0 aromatic carbocycles. The van der Waals surface area contributed by atoms with Gasteiger partial charge in [0, 0.05) is 30.4 Å². The van der Waals surface area contributed by atoms with Gasteiger partial charge in [0.05, 0.1) is 0 Å². The monoisotopic (exact) mass is 276 g/mol. The van der Waals surface area contributed by atoms with Crippen molar-refractivity contribution in [1.29, 1.82) is 0 Å². The van der Waals surface area contributed by atoms with E-state index in [1.54, 1.807) is 12.4 Å². The van der Waals surface area contributed by atoms with Crippen molar-refractivity contribution in [2.45, 2.75) is 33.2 Å². The van der Waals surface area contributed by atoms with Crippen LogP contribution in [0.2, 0.25) is 5.15 Å². The largest absolute Gasteiger partial charge is 0.366 e. The van der Waals surface area contributed by atoms with Crippen molar-refractivity contribution < 1.29 is 0 Å². The maximum absolute atomic E-state index is 6.14. The summed E-state index contributed by atoms with van der Waals surface area (Å²) in [6.07, 6.45) is 3.55. The molecule has 0 aliphatic rings. The molecule has 0 saturated carbocycles. The lowest BCUT2D eigenvalue weighted by atomic mass is 10.2. The Labute approximate surface area is 118 Å². The lowest BCUT2D eigenvalue weighted by Gasteiger charge is -2.12. The molecule has 0 radical (unpaired) electrons. The fourth-order valence-electron chi connectivity index (χ4n) is 1.62. The molecule has 19 heavy (non-hydrogen) atoms. The van der Waals surface area contributed by atoms with Gasteiger partial charge in [-0.3, -0.25) is 4.98 Å². The van der Waals surface area contributed by atoms with Gasteiger partial charge in [-0.15, -0.1) is 0 Å². The lowest BCUT2D eigenvalue weighted by Crippen LogP contribution is -2.08. The first kappa shape index (κ1) is 13.7. The van der Waals surface area contributed by atoms with E-state index in [2.05, 4.69) is 20.3 Å². The summed E-state index contributed by atoms with van der Waals surface area (Å²) in [7, 11) is 0. The van der Waals surface area contributed by atoms with Gasteiger partial charge in [-0.1, -0.05) is 25.4 Å². The third-order valence-corrected chi connectivity index (χ3v) is 3.20. The van der Waals surface area contributed by atoms with Crippen LogP contribution in [0.15, 0.2) is 24.5 Å². The molecule has 0 amide bonds. The molecule has 4 nitrogen and oxygen atoms in total. The second kappa shape index (κ2) is 5.97. The standard InChI is InChI=1S/C14H17ClN4/c1-9(2)13-18-12(15)10(3)14(19-13)17-8-11-4-6-16-7-5-11/h4-7,9H,8H2,1-3H3,(H,17,18,19). The van der Waals surface area contributed by atoms with E-state index in [1.165, 1.54) is 0 Å². The van der Waals surface area contributed by atoms with Gasteiger partial charge in [0.25, 0.3) is 0 Å². The number of aromatic nitrogens is 3. The van der Waals surface area contributed by atoms with Crippen molar-refractivity contribution in [2.24, 2.45) is 0 Å². The van der Waals surface area contributed by atoms with Crippen LogP contribution in [0.1, 0.15) is 36.7 Å². The minimum absolute atomic E-state index is 0.250. The maximum atomic E-state index is 6.14. The molecule has 2 aromatic heterocycles. The highest BCUT2D eigenvalue weighted by Gasteiger charge is 2.11. The average Bonchev–Trinajstić information content (AvgIpc) is 2.41. The first-order chi connectivity index (χ1) is 9.08. The third-order valence-electron chi connectivity index (χ3n) is 2.83. The summed E-state index contributed by atoms with van der Waals surface area (Å²) in [4.78, 5) is 12.8. The van der Waals surface area contributed by atoms with Crippen LogP contribution in [0, 0.1) is 6.92 Å². The second-order valence-corrected chi connectivity index (χ2v) is 5.07. The Kier molecular flexibility index (Phi) is 4.32. The third kappa shape index (κ3) is 3.41. The summed E-state index contributed by atoms with van der Waals surface area (Å²) in [5.74, 6) is 1.80. The van der Waals surface area contributed by atoms with Crippen LogP contribution in [0.5, 0.6) is 0 Å². The summed E-state index contributed by atoms with van der Waals surface area (Å²) < 4.78 is 0. The van der Waals surface area contributed by atoms with Crippen molar-refractivity contribution in [2.75, 3.05) is 5.32 Å². The highest BCUT2D eigenvalue weighted by atomic mass is 35.5. The van der Waals surface area contributed by atoms with Crippen molar-refractivity contribution in [1.82, 2.24) is 15.0 Å². The van der Waals surface area contributed by atoms with Crippen LogP contribution in [0.4, 0.5) is 5.82 Å². The summed E-state index contributed by atoms with van der Waals surface area (Å²) in [5.41, 5.74) is 2.02. The van der Waals surface area contributed by atoms with E-state index in [-0.39, 0.29) is 5.92 Å². The zero-order chi connectivity index (χ0) is 13.8. The summed E-state index contributed by atoms with van der Waals surface area (Å²) in [6, 6.07) is 3.93. The van der Waals surface area contributed by atoms with Gasteiger partial charge in [0.1, 0.15) is 16.8 Å². The van der Waals surface area contributed by atoms with Crippen LogP contribution in [0.25, 0.3) is 0 Å². The average molecular weight is 277 g/mol. The molecular weight excluding hydrogens is 260 g/mol. The Morgan fingerprint density at radius 3 is 2.53 bits per heavy atom. The highest BCUT2D eigenvalue weighted by Crippen LogP contribution is 2.23. The molecule has 0 atom stereocenters. The molecule has 0 bridgehead atoms. The van der Waals surface area contributed by atoms with Crippen LogP contribution < -0.4 is 5.32 Å². The van der Waals surface area contributed by atoms with E-state index >= 15 is 0 Å². The maximum Gasteiger partial charge on any atom is 0.137 e. The Morgan fingerprint density at radius 1 is 1.21 bits per heavy atom. The van der Waals surface area contributed by atoms with Crippen LogP contribution in [0.3, 0.4) is 0 Å². The topological polar surface area (TPSA) is 50.7 Å². The number of anilines is 1. The number of rotatable bonds is 4. The molecule has 0 saturated heterocycles. The predicted octanol–water partition coefficient (Wildman–Crippen LogP) is 3.57. The van der Waals surface area contributed by atoms with E-state index in [1.807, 2.05) is 32.9 Å². The van der Waals surface area contributed by atoms with E-state index in [0.29, 0.717) is 11.7 Å². The molecule has 0 fully saturated rings. The number of halogens is 1. The van der Waals surface area contributed by atoms with E-state index in [9.17, 15) is 0 Å². The molecule has 0 spiro atoms. The Hall–Kier alpha value is -1.68. The van der Waals surface area contributed by atoms with E-state index < -0.39 is 0 Å². The Morgan fingerprint density at radius 2 is 1.89 bits per heavy atom. The molecule has 5 heteroatoms. The Balaban J connectivity index is 2.20. The van der Waals surface area contributed by atoms with Gasteiger partial charge in [-0.2, -0.15) is 0 Å². The number of hydrogen-bond acceptors (Lipinski definition) is 4. The van der Waals surface area contributed by atoms with Gasteiger partial charge in [0.15, 0.2) is 0 Å². The number of hydrogen-bond donors (Lipinski definition) is 1. The fourth-order valence-corrected chi connectivity index (χ4v) is 1.80. The smallest absolute Gasteiger partial charge is 0.137 e. The minimum Gasteiger partial charge on any atom is -0.366 e. The zero-order valence-corrected chi connectivity index (χ0v) is 12.1. The van der Waals surface area contributed by atoms with Crippen LogP contribution in [-0.4, -0.2) is 15.0 Å². The Bertz CT molecular complexity index is 555. The molecule has 0 aliphatic heterocycles. The molecule has 0 unspecified atom stereocenters. The summed E-state index contributed by atoms with van der Waals surface area (Å²) >= 11 is 6.14. The molecule has 1 N–H and O–H groups in total. The normalized spacial score (nSPS) is 10.8. The van der Waals surface area contributed by atoms with Gasteiger partial charge in [-0.05, 0) is 24.6 Å². The fraction of sp³-hybridized carbons (Fsp3) is 0.357. The number of nitrogens with zero attached hydrogens (tertiary/aromatic N) is 3. The lowest BCUT2D eigenvalue weighted by molar-refractivity contribution is 0.771. The quantitative estimate of drug-likeness (QED) is 0.868. The summed E-state index contributed by atoms with van der Waals surface area (Å²) in [6.45, 7) is 6.71. The molecule has 0 aliphatic carbocycles. The summed E-state index contributed by atoms with van der Waals surface area (Å²) in [5, 5.41) is 3.81. The SMILES string of the molecule is Cc1c(Cl)nc(C(C)C)nc1NCc1ccncc1. The molecule has 2 rings (SSSR count). The number of nitrogens with one attached hydrogen (secondary N) is 1. The first-order valence-corrected chi connectivity index (χ1v) is 6.62. The van der Waals surface area contributed by atoms with Crippen molar-refractivity contribution in [3.05, 3.63) is 46.6 Å². The molecular formula is C14H17ClN4. The number of pyridine rings is 1. The minimum atomic E-state index is 0.250.